The maximum atomic E-state index is 13.7. The molecule has 0 fully saturated rings. The quantitative estimate of drug-likeness (QED) is 0.791. The number of rotatable bonds is 3. The van der Waals surface area contributed by atoms with E-state index in [1.807, 2.05) is 0 Å². The SMILES string of the molecule is Cc1cc(NC(=O)Cn2cnc3cccc(F)c3c2=O)on1. The number of hydrogen-bond acceptors (Lipinski definition) is 5. The van der Waals surface area contributed by atoms with Gasteiger partial charge in [0.2, 0.25) is 11.8 Å². The van der Waals surface area contributed by atoms with Gasteiger partial charge >= 0.3 is 0 Å². The van der Waals surface area contributed by atoms with Crippen molar-refractivity contribution in [3.8, 4) is 0 Å². The first-order valence-corrected chi connectivity index (χ1v) is 6.41. The lowest BCUT2D eigenvalue weighted by molar-refractivity contribution is -0.116. The van der Waals surface area contributed by atoms with Crippen molar-refractivity contribution in [2.45, 2.75) is 13.5 Å². The highest BCUT2D eigenvalue weighted by atomic mass is 19.1. The van der Waals surface area contributed by atoms with Crippen LogP contribution >= 0.6 is 0 Å². The van der Waals surface area contributed by atoms with Crippen molar-refractivity contribution in [1.82, 2.24) is 14.7 Å². The number of nitrogens with one attached hydrogen (secondary N) is 1. The van der Waals surface area contributed by atoms with Crippen molar-refractivity contribution >= 4 is 22.7 Å². The molecule has 0 atom stereocenters. The van der Waals surface area contributed by atoms with Crippen LogP contribution in [0.3, 0.4) is 0 Å². The molecule has 1 amide bonds. The first-order valence-electron chi connectivity index (χ1n) is 6.41. The first kappa shape index (κ1) is 13.9. The van der Waals surface area contributed by atoms with Gasteiger partial charge < -0.3 is 4.52 Å². The molecule has 3 rings (SSSR count). The van der Waals surface area contributed by atoms with E-state index in [9.17, 15) is 14.0 Å². The minimum atomic E-state index is -0.671. The number of anilines is 1. The molecule has 0 aliphatic carbocycles. The third kappa shape index (κ3) is 2.58. The lowest BCUT2D eigenvalue weighted by Crippen LogP contribution is -2.28. The Morgan fingerprint density at radius 1 is 1.45 bits per heavy atom. The van der Waals surface area contributed by atoms with Crippen LogP contribution in [0.1, 0.15) is 5.69 Å². The molecule has 0 radical (unpaired) electrons. The number of benzene rings is 1. The van der Waals surface area contributed by atoms with E-state index < -0.39 is 17.3 Å². The molecule has 1 N–H and O–H groups in total. The molecule has 0 spiro atoms. The summed E-state index contributed by atoms with van der Waals surface area (Å²) in [6.45, 7) is 1.40. The van der Waals surface area contributed by atoms with E-state index in [4.69, 9.17) is 4.52 Å². The first-order chi connectivity index (χ1) is 10.5. The number of fused-ring (bicyclic) bond motifs is 1. The van der Waals surface area contributed by atoms with Crippen molar-refractivity contribution in [2.75, 3.05) is 5.32 Å². The molecular weight excluding hydrogens is 291 g/mol. The Morgan fingerprint density at radius 2 is 2.27 bits per heavy atom. The molecule has 0 saturated carbocycles. The van der Waals surface area contributed by atoms with E-state index in [1.165, 1.54) is 24.5 Å². The number of nitrogens with zero attached hydrogens (tertiary/aromatic N) is 3. The molecule has 0 saturated heterocycles. The predicted octanol–water partition coefficient (Wildman–Crippen LogP) is 1.47. The van der Waals surface area contributed by atoms with Crippen LogP contribution in [0, 0.1) is 12.7 Å². The van der Waals surface area contributed by atoms with Gasteiger partial charge in [-0.15, -0.1) is 0 Å². The number of halogens is 1. The third-order valence-corrected chi connectivity index (χ3v) is 3.01. The number of amides is 1. The van der Waals surface area contributed by atoms with Gasteiger partial charge in [-0.2, -0.15) is 0 Å². The van der Waals surface area contributed by atoms with Crippen molar-refractivity contribution in [1.29, 1.82) is 0 Å². The molecule has 1 aromatic carbocycles. The molecule has 0 unspecified atom stereocenters. The summed E-state index contributed by atoms with van der Waals surface area (Å²) < 4.78 is 19.6. The molecule has 8 heteroatoms. The highest BCUT2D eigenvalue weighted by molar-refractivity contribution is 5.89. The summed E-state index contributed by atoms with van der Waals surface area (Å²) in [6, 6.07) is 5.71. The van der Waals surface area contributed by atoms with Crippen LogP contribution in [0.25, 0.3) is 10.9 Å². The zero-order chi connectivity index (χ0) is 15.7. The van der Waals surface area contributed by atoms with Crippen molar-refractivity contribution in [3.63, 3.8) is 0 Å². The predicted molar refractivity (Wildman–Crippen MR) is 75.8 cm³/mol. The minimum absolute atomic E-state index is 0.145. The average Bonchev–Trinajstić information content (AvgIpc) is 2.87. The Labute approximate surface area is 123 Å². The lowest BCUT2D eigenvalue weighted by Gasteiger charge is -2.06. The lowest BCUT2D eigenvalue weighted by atomic mass is 10.2. The third-order valence-electron chi connectivity index (χ3n) is 3.01. The molecule has 22 heavy (non-hydrogen) atoms. The normalized spacial score (nSPS) is 10.8. The second-order valence-electron chi connectivity index (χ2n) is 4.69. The summed E-state index contributed by atoms with van der Waals surface area (Å²) in [5.41, 5.74) is 0.237. The van der Waals surface area contributed by atoms with Gasteiger partial charge in [0.1, 0.15) is 17.7 Å². The monoisotopic (exact) mass is 302 g/mol. The van der Waals surface area contributed by atoms with Gasteiger partial charge in [-0.05, 0) is 19.1 Å². The van der Waals surface area contributed by atoms with Gasteiger partial charge in [-0.25, -0.2) is 9.37 Å². The maximum absolute atomic E-state index is 13.7. The van der Waals surface area contributed by atoms with Crippen LogP contribution < -0.4 is 10.9 Å². The number of carbonyl (C=O) groups excluding carboxylic acids is 1. The van der Waals surface area contributed by atoms with E-state index in [1.54, 1.807) is 13.0 Å². The molecule has 7 nitrogen and oxygen atoms in total. The summed E-state index contributed by atoms with van der Waals surface area (Å²) in [6.07, 6.45) is 1.20. The van der Waals surface area contributed by atoms with Gasteiger partial charge in [-0.1, -0.05) is 11.2 Å². The van der Waals surface area contributed by atoms with Crippen LogP contribution in [0.5, 0.6) is 0 Å². The van der Waals surface area contributed by atoms with Gasteiger partial charge in [0.25, 0.3) is 5.56 Å². The Bertz CT molecular complexity index is 916. The molecule has 0 aliphatic heterocycles. The van der Waals surface area contributed by atoms with Crippen molar-refractivity contribution < 1.29 is 13.7 Å². The highest BCUT2D eigenvalue weighted by Crippen LogP contribution is 2.11. The summed E-state index contributed by atoms with van der Waals surface area (Å²) in [5, 5.41) is 5.93. The molecule has 112 valence electrons. The minimum Gasteiger partial charge on any atom is -0.338 e. The van der Waals surface area contributed by atoms with Crippen LogP contribution in [-0.4, -0.2) is 20.6 Å². The number of carbonyl (C=O) groups is 1. The fraction of sp³-hybridized carbons (Fsp3) is 0.143. The maximum Gasteiger partial charge on any atom is 0.264 e. The molecule has 2 aromatic heterocycles. The summed E-state index contributed by atoms with van der Waals surface area (Å²) in [5.74, 6) is -0.998. The highest BCUT2D eigenvalue weighted by Gasteiger charge is 2.12. The zero-order valence-corrected chi connectivity index (χ0v) is 11.5. The number of aryl methyl sites for hydroxylation is 1. The topological polar surface area (TPSA) is 90.0 Å². The van der Waals surface area contributed by atoms with Crippen LogP contribution in [-0.2, 0) is 11.3 Å². The average molecular weight is 302 g/mol. The molecule has 3 aromatic rings. The molecule has 2 heterocycles. The molecule has 0 aliphatic rings. The summed E-state index contributed by atoms with van der Waals surface area (Å²) in [4.78, 5) is 28.1. The van der Waals surface area contributed by atoms with E-state index in [0.29, 0.717) is 5.69 Å². The Balaban J connectivity index is 1.88. The largest absolute Gasteiger partial charge is 0.338 e. The van der Waals surface area contributed by atoms with Crippen molar-refractivity contribution in [3.05, 3.63) is 52.5 Å². The zero-order valence-electron chi connectivity index (χ0n) is 11.5. The van der Waals surface area contributed by atoms with E-state index in [2.05, 4.69) is 15.5 Å². The number of aromatic nitrogens is 3. The van der Waals surface area contributed by atoms with Crippen LogP contribution in [0.2, 0.25) is 0 Å². The molecular formula is C14H11FN4O3. The summed E-state index contributed by atoms with van der Waals surface area (Å²) in [7, 11) is 0. The van der Waals surface area contributed by atoms with Gasteiger partial charge in [-0.3, -0.25) is 19.5 Å². The van der Waals surface area contributed by atoms with Gasteiger partial charge in [0, 0.05) is 6.07 Å². The fourth-order valence-corrected chi connectivity index (χ4v) is 2.03. The summed E-state index contributed by atoms with van der Waals surface area (Å²) >= 11 is 0. The number of hydrogen-bond donors (Lipinski definition) is 1. The van der Waals surface area contributed by atoms with Gasteiger partial charge in [0.15, 0.2) is 0 Å². The van der Waals surface area contributed by atoms with E-state index in [-0.39, 0.29) is 23.3 Å². The Morgan fingerprint density at radius 3 is 3.00 bits per heavy atom. The van der Waals surface area contributed by atoms with Crippen LogP contribution in [0.15, 0.2) is 39.9 Å². The Hall–Kier alpha value is -3.03. The standard InChI is InChI=1S/C14H11FN4O3/c1-8-5-12(22-18-8)17-11(20)6-19-7-16-10-4-2-3-9(15)13(10)14(19)21/h2-5,7H,6H2,1H3,(H,17,20). The van der Waals surface area contributed by atoms with Crippen molar-refractivity contribution in [2.24, 2.45) is 0 Å². The van der Waals surface area contributed by atoms with E-state index in [0.717, 1.165) is 4.57 Å². The smallest absolute Gasteiger partial charge is 0.264 e. The second-order valence-corrected chi connectivity index (χ2v) is 4.69. The Kier molecular flexibility index (Phi) is 3.42. The van der Waals surface area contributed by atoms with Crippen LogP contribution in [0.4, 0.5) is 10.3 Å². The second kappa shape index (κ2) is 5.40. The van der Waals surface area contributed by atoms with E-state index >= 15 is 0 Å². The molecule has 0 bridgehead atoms. The van der Waals surface area contributed by atoms with Gasteiger partial charge in [0.05, 0.1) is 17.5 Å². The fourth-order valence-electron chi connectivity index (χ4n) is 2.03.